The Labute approximate surface area is 81.2 Å². The second-order valence-electron chi connectivity index (χ2n) is 2.46. The summed E-state index contributed by atoms with van der Waals surface area (Å²) in [6, 6.07) is 4.71. The van der Waals surface area contributed by atoms with Crippen molar-refractivity contribution in [2.45, 2.75) is 6.42 Å². The zero-order chi connectivity index (χ0) is 8.97. The van der Waals surface area contributed by atoms with Crippen LogP contribution in [-0.2, 0) is 6.42 Å². The summed E-state index contributed by atoms with van der Waals surface area (Å²) >= 11 is 5.26. The third kappa shape index (κ3) is 3.50. The van der Waals surface area contributed by atoms with Gasteiger partial charge in [0.1, 0.15) is 0 Å². The second kappa shape index (κ2) is 5.64. The summed E-state index contributed by atoms with van der Waals surface area (Å²) in [4.78, 5) is 2.48. The Morgan fingerprint density at radius 1 is 1.23 bits per heavy atom. The van der Waals surface area contributed by atoms with Crippen molar-refractivity contribution >= 4 is 11.8 Å². The van der Waals surface area contributed by atoms with E-state index in [0.29, 0.717) is 6.54 Å². The van der Waals surface area contributed by atoms with Crippen molar-refractivity contribution in [3.8, 4) is 11.5 Å². The number of phenolic OH excluding ortho intramolecular Hbond substituents is 2. The third-order valence-electron chi connectivity index (χ3n) is 1.55. The summed E-state index contributed by atoms with van der Waals surface area (Å²) in [5.74, 6) is -0.195. The van der Waals surface area contributed by atoms with E-state index in [1.54, 1.807) is 6.07 Å². The molecular formula is C8H12ClNO3. The third-order valence-corrected chi connectivity index (χ3v) is 1.74. The van der Waals surface area contributed by atoms with Crippen molar-refractivity contribution in [3.63, 3.8) is 0 Å². The van der Waals surface area contributed by atoms with E-state index in [9.17, 15) is 0 Å². The van der Waals surface area contributed by atoms with E-state index in [0.717, 1.165) is 12.0 Å². The first kappa shape index (κ1) is 12.0. The zero-order valence-corrected chi connectivity index (χ0v) is 7.67. The highest BCUT2D eigenvalue weighted by atomic mass is 35.5. The Morgan fingerprint density at radius 3 is 2.46 bits per heavy atom. The lowest BCUT2D eigenvalue weighted by atomic mass is 10.1. The molecule has 74 valence electrons. The molecule has 0 atom stereocenters. The van der Waals surface area contributed by atoms with Crippen molar-refractivity contribution in [1.82, 2.24) is 4.84 Å². The fourth-order valence-corrected chi connectivity index (χ4v) is 1.01. The maximum atomic E-state index is 9.10. The predicted molar refractivity (Wildman–Crippen MR) is 50.9 cm³/mol. The fourth-order valence-electron chi connectivity index (χ4n) is 0.916. The Bertz CT molecular complexity index is 268. The fraction of sp³-hybridized carbons (Fsp3) is 0.250. The number of hydrogen-bond donors (Lipinski definition) is 3. The maximum Gasteiger partial charge on any atom is 0.157 e. The molecule has 0 spiro atoms. The standard InChI is InChI=1S/C8H10ClNO2.H2O/c9-10-4-3-6-1-2-7(11)8(12)5-6;/h1-2,5,10-12H,3-4H2;1H2. The summed E-state index contributed by atoms with van der Waals surface area (Å²) in [5.41, 5.74) is 0.929. The van der Waals surface area contributed by atoms with Crippen LogP contribution in [0.2, 0.25) is 0 Å². The van der Waals surface area contributed by atoms with E-state index in [1.165, 1.54) is 12.1 Å². The van der Waals surface area contributed by atoms with Crippen molar-refractivity contribution in [1.29, 1.82) is 0 Å². The highest BCUT2D eigenvalue weighted by Gasteiger charge is 1.99. The average Bonchev–Trinajstić information content (AvgIpc) is 2.07. The van der Waals surface area contributed by atoms with Gasteiger partial charge in [-0.3, -0.25) is 0 Å². The van der Waals surface area contributed by atoms with E-state index < -0.39 is 0 Å². The van der Waals surface area contributed by atoms with Gasteiger partial charge in [0, 0.05) is 6.54 Å². The monoisotopic (exact) mass is 205 g/mol. The minimum atomic E-state index is -0.0995. The molecule has 0 unspecified atom stereocenters. The smallest absolute Gasteiger partial charge is 0.157 e. The van der Waals surface area contributed by atoms with Crippen molar-refractivity contribution < 1.29 is 15.7 Å². The largest absolute Gasteiger partial charge is 0.504 e. The second-order valence-corrected chi connectivity index (χ2v) is 2.72. The van der Waals surface area contributed by atoms with E-state index >= 15 is 0 Å². The van der Waals surface area contributed by atoms with Crippen molar-refractivity contribution in [3.05, 3.63) is 23.8 Å². The number of hydrogen-bond acceptors (Lipinski definition) is 3. The van der Waals surface area contributed by atoms with Crippen LogP contribution in [0, 0.1) is 0 Å². The number of phenols is 2. The molecule has 1 aromatic carbocycles. The van der Waals surface area contributed by atoms with E-state index in [-0.39, 0.29) is 17.0 Å². The van der Waals surface area contributed by atoms with E-state index in [2.05, 4.69) is 4.84 Å². The van der Waals surface area contributed by atoms with Gasteiger partial charge in [-0.05, 0) is 35.9 Å². The summed E-state index contributed by atoms with van der Waals surface area (Å²) < 4.78 is 0. The lowest BCUT2D eigenvalue weighted by Gasteiger charge is -2.01. The summed E-state index contributed by atoms with van der Waals surface area (Å²) in [7, 11) is 0. The number of benzene rings is 1. The molecule has 0 saturated carbocycles. The van der Waals surface area contributed by atoms with Gasteiger partial charge < -0.3 is 15.7 Å². The molecule has 0 heterocycles. The van der Waals surface area contributed by atoms with Crippen molar-refractivity contribution in [2.75, 3.05) is 6.54 Å². The summed E-state index contributed by atoms with van der Waals surface area (Å²) in [5, 5.41) is 18.1. The molecule has 5 N–H and O–H groups in total. The maximum absolute atomic E-state index is 9.10. The van der Waals surface area contributed by atoms with Crippen LogP contribution >= 0.6 is 11.8 Å². The van der Waals surface area contributed by atoms with Gasteiger partial charge >= 0.3 is 0 Å². The molecule has 0 amide bonds. The van der Waals surface area contributed by atoms with E-state index in [4.69, 9.17) is 22.0 Å². The molecule has 4 nitrogen and oxygen atoms in total. The minimum absolute atomic E-state index is 0. The number of nitrogens with one attached hydrogen (secondary N) is 1. The first-order valence-corrected chi connectivity index (χ1v) is 3.96. The van der Waals surface area contributed by atoms with Crippen LogP contribution in [0.15, 0.2) is 18.2 Å². The van der Waals surface area contributed by atoms with Gasteiger partial charge in [0.2, 0.25) is 0 Å². The number of halogens is 1. The van der Waals surface area contributed by atoms with E-state index in [1.807, 2.05) is 0 Å². The summed E-state index contributed by atoms with van der Waals surface area (Å²) in [6.45, 7) is 0.631. The molecule has 13 heavy (non-hydrogen) atoms. The SMILES string of the molecule is O.Oc1ccc(CCNCl)cc1O. The van der Waals surface area contributed by atoms with Crippen LogP contribution in [0.25, 0.3) is 0 Å². The molecule has 1 aromatic rings. The Kier molecular flexibility index (Phi) is 5.22. The number of rotatable bonds is 3. The molecule has 1 rings (SSSR count). The first-order valence-electron chi connectivity index (χ1n) is 3.58. The lowest BCUT2D eigenvalue weighted by molar-refractivity contribution is 0.403. The Balaban J connectivity index is 0.00000144. The summed E-state index contributed by atoms with van der Waals surface area (Å²) in [6.07, 6.45) is 0.720. The molecule has 0 aliphatic carbocycles. The van der Waals surface area contributed by atoms with Crippen LogP contribution in [0.3, 0.4) is 0 Å². The molecular weight excluding hydrogens is 194 g/mol. The number of aromatic hydroxyl groups is 2. The first-order chi connectivity index (χ1) is 5.74. The highest BCUT2D eigenvalue weighted by Crippen LogP contribution is 2.24. The van der Waals surface area contributed by atoms with Gasteiger partial charge in [-0.2, -0.15) is 0 Å². The molecule has 5 heteroatoms. The van der Waals surface area contributed by atoms with Crippen LogP contribution in [0.1, 0.15) is 5.56 Å². The van der Waals surface area contributed by atoms with Crippen LogP contribution < -0.4 is 4.84 Å². The predicted octanol–water partition coefficient (Wildman–Crippen LogP) is 0.559. The lowest BCUT2D eigenvalue weighted by Crippen LogP contribution is -2.03. The van der Waals surface area contributed by atoms with Crippen LogP contribution in [0.5, 0.6) is 11.5 Å². The molecule has 0 aliphatic rings. The van der Waals surface area contributed by atoms with Gasteiger partial charge in [-0.15, -0.1) is 0 Å². The highest BCUT2D eigenvalue weighted by molar-refractivity contribution is 6.13. The quantitative estimate of drug-likeness (QED) is 0.498. The van der Waals surface area contributed by atoms with Gasteiger partial charge in [0.05, 0.1) is 0 Å². The van der Waals surface area contributed by atoms with Gasteiger partial charge in [-0.25, -0.2) is 4.84 Å². The topological polar surface area (TPSA) is 84.0 Å². The molecule has 0 fully saturated rings. The van der Waals surface area contributed by atoms with Crippen LogP contribution in [0.4, 0.5) is 0 Å². The average molecular weight is 206 g/mol. The van der Waals surface area contributed by atoms with Gasteiger partial charge in [0.15, 0.2) is 11.5 Å². The molecule has 0 saturated heterocycles. The molecule has 0 aliphatic heterocycles. The van der Waals surface area contributed by atoms with Crippen molar-refractivity contribution in [2.24, 2.45) is 0 Å². The zero-order valence-electron chi connectivity index (χ0n) is 6.92. The minimum Gasteiger partial charge on any atom is -0.504 e. The normalized spacial score (nSPS) is 9.31. The Morgan fingerprint density at radius 2 is 1.92 bits per heavy atom. The van der Waals surface area contributed by atoms with Gasteiger partial charge in [0.25, 0.3) is 0 Å². The van der Waals surface area contributed by atoms with Crippen LogP contribution in [-0.4, -0.2) is 22.2 Å². The molecule has 0 radical (unpaired) electrons. The van der Waals surface area contributed by atoms with Gasteiger partial charge in [-0.1, -0.05) is 6.07 Å². The Hall–Kier alpha value is -0.970. The molecule has 0 bridgehead atoms. The molecule has 0 aromatic heterocycles.